The molecule has 0 saturated carbocycles. The Balaban J connectivity index is 1.84. The van der Waals surface area contributed by atoms with Gasteiger partial charge in [0.2, 0.25) is 0 Å². The summed E-state index contributed by atoms with van der Waals surface area (Å²) in [6, 6.07) is 11.6. The minimum Gasteiger partial charge on any atom is -0.384 e. The largest absolute Gasteiger partial charge is 0.384 e. The van der Waals surface area contributed by atoms with Crippen LogP contribution >= 0.6 is 0 Å². The molecular weight excluding hydrogens is 250 g/mol. The number of pyridine rings is 1. The molecular formula is C16H17N3O. The van der Waals surface area contributed by atoms with Crippen LogP contribution in [0.25, 0.3) is 0 Å². The van der Waals surface area contributed by atoms with Gasteiger partial charge < -0.3 is 10.6 Å². The van der Waals surface area contributed by atoms with Crippen LogP contribution < -0.4 is 5.73 Å². The Morgan fingerprint density at radius 3 is 2.85 bits per heavy atom. The lowest BCUT2D eigenvalue weighted by atomic mass is 10.0. The summed E-state index contributed by atoms with van der Waals surface area (Å²) in [6.07, 6.45) is 3.68. The van der Waals surface area contributed by atoms with Crippen molar-refractivity contribution in [3.05, 3.63) is 59.3 Å². The first kappa shape index (κ1) is 12.7. The lowest BCUT2D eigenvalue weighted by molar-refractivity contribution is 0.0748. The molecule has 4 nitrogen and oxygen atoms in total. The number of aromatic nitrogens is 1. The third-order valence-electron chi connectivity index (χ3n) is 3.63. The molecule has 0 bridgehead atoms. The van der Waals surface area contributed by atoms with Crippen molar-refractivity contribution >= 4 is 11.7 Å². The van der Waals surface area contributed by atoms with Crippen molar-refractivity contribution in [2.45, 2.75) is 19.4 Å². The Labute approximate surface area is 118 Å². The summed E-state index contributed by atoms with van der Waals surface area (Å²) in [5, 5.41) is 0. The van der Waals surface area contributed by atoms with Crippen LogP contribution in [0.3, 0.4) is 0 Å². The fourth-order valence-corrected chi connectivity index (χ4v) is 2.58. The van der Waals surface area contributed by atoms with Gasteiger partial charge in [-0.15, -0.1) is 0 Å². The van der Waals surface area contributed by atoms with Crippen LogP contribution in [-0.2, 0) is 13.0 Å². The van der Waals surface area contributed by atoms with Crippen molar-refractivity contribution in [3.8, 4) is 0 Å². The van der Waals surface area contributed by atoms with E-state index in [-0.39, 0.29) is 5.91 Å². The number of benzene rings is 1. The smallest absolute Gasteiger partial charge is 0.254 e. The van der Waals surface area contributed by atoms with Crippen LogP contribution in [-0.4, -0.2) is 22.3 Å². The summed E-state index contributed by atoms with van der Waals surface area (Å²) in [6.45, 7) is 1.36. The summed E-state index contributed by atoms with van der Waals surface area (Å²) in [5.74, 6) is 0.608. The molecule has 0 spiro atoms. The van der Waals surface area contributed by atoms with Gasteiger partial charge in [0.15, 0.2) is 0 Å². The predicted octanol–water partition coefficient (Wildman–Crippen LogP) is 2.25. The molecule has 4 heteroatoms. The van der Waals surface area contributed by atoms with Crippen molar-refractivity contribution < 1.29 is 4.79 Å². The standard InChI is InChI=1S/C16H17N3O/c17-15-8-7-12(10-18-15)11-19-9-3-5-13-4-1-2-6-14(13)16(19)20/h1-2,4,6-8,10H,3,5,9,11H2,(H2,17,18). The average Bonchev–Trinajstić information content (AvgIpc) is 2.62. The molecule has 1 aliphatic rings. The molecule has 3 rings (SSSR count). The van der Waals surface area contributed by atoms with E-state index in [9.17, 15) is 4.79 Å². The van der Waals surface area contributed by atoms with E-state index in [1.165, 1.54) is 0 Å². The predicted molar refractivity (Wildman–Crippen MR) is 78.2 cm³/mol. The number of nitrogens with zero attached hydrogens (tertiary/aromatic N) is 2. The van der Waals surface area contributed by atoms with Gasteiger partial charge in [0.25, 0.3) is 5.91 Å². The number of carbonyl (C=O) groups excluding carboxylic acids is 1. The second kappa shape index (κ2) is 5.33. The molecule has 2 aromatic rings. The highest BCUT2D eigenvalue weighted by Crippen LogP contribution is 2.20. The molecule has 102 valence electrons. The number of hydrogen-bond donors (Lipinski definition) is 1. The van der Waals surface area contributed by atoms with E-state index in [1.807, 2.05) is 35.2 Å². The van der Waals surface area contributed by atoms with E-state index < -0.39 is 0 Å². The van der Waals surface area contributed by atoms with Crippen molar-refractivity contribution in [3.63, 3.8) is 0 Å². The Morgan fingerprint density at radius 2 is 2.05 bits per heavy atom. The zero-order valence-corrected chi connectivity index (χ0v) is 11.2. The van der Waals surface area contributed by atoms with Crippen LogP contribution in [0.15, 0.2) is 42.6 Å². The van der Waals surface area contributed by atoms with Gasteiger partial charge in [-0.1, -0.05) is 24.3 Å². The third kappa shape index (κ3) is 2.50. The molecule has 0 radical (unpaired) electrons. The summed E-state index contributed by atoms with van der Waals surface area (Å²) >= 11 is 0. The van der Waals surface area contributed by atoms with Crippen LogP contribution in [0.5, 0.6) is 0 Å². The van der Waals surface area contributed by atoms with Crippen LogP contribution in [0, 0.1) is 0 Å². The number of rotatable bonds is 2. The van der Waals surface area contributed by atoms with Crippen molar-refractivity contribution in [2.24, 2.45) is 0 Å². The minimum atomic E-state index is 0.106. The number of aryl methyl sites for hydroxylation is 1. The molecule has 0 atom stereocenters. The van der Waals surface area contributed by atoms with Gasteiger partial charge in [0.05, 0.1) is 0 Å². The zero-order chi connectivity index (χ0) is 13.9. The third-order valence-corrected chi connectivity index (χ3v) is 3.63. The molecule has 2 N–H and O–H groups in total. The van der Waals surface area contributed by atoms with Gasteiger partial charge in [0.1, 0.15) is 5.82 Å². The number of amides is 1. The monoisotopic (exact) mass is 267 g/mol. The number of hydrogen-bond acceptors (Lipinski definition) is 3. The first-order chi connectivity index (χ1) is 9.74. The van der Waals surface area contributed by atoms with Crippen molar-refractivity contribution in [1.29, 1.82) is 0 Å². The fourth-order valence-electron chi connectivity index (χ4n) is 2.58. The normalized spacial score (nSPS) is 14.8. The number of nitrogens with two attached hydrogens (primary N) is 1. The molecule has 1 aliphatic heterocycles. The maximum absolute atomic E-state index is 12.6. The first-order valence-corrected chi connectivity index (χ1v) is 6.81. The van der Waals surface area contributed by atoms with Crippen molar-refractivity contribution in [2.75, 3.05) is 12.3 Å². The summed E-state index contributed by atoms with van der Waals surface area (Å²) in [4.78, 5) is 18.6. The van der Waals surface area contributed by atoms with E-state index >= 15 is 0 Å². The Bertz CT molecular complexity index is 622. The molecule has 0 fully saturated rings. The van der Waals surface area contributed by atoms with Gasteiger partial charge in [-0.2, -0.15) is 0 Å². The lowest BCUT2D eigenvalue weighted by Crippen LogP contribution is -2.30. The van der Waals surface area contributed by atoms with Crippen LogP contribution in [0.1, 0.15) is 27.9 Å². The summed E-state index contributed by atoms with van der Waals surface area (Å²) in [5.41, 5.74) is 8.57. The summed E-state index contributed by atoms with van der Waals surface area (Å²) < 4.78 is 0. The highest BCUT2D eigenvalue weighted by Gasteiger charge is 2.21. The fraction of sp³-hybridized carbons (Fsp3) is 0.250. The quantitative estimate of drug-likeness (QED) is 0.908. The molecule has 0 aliphatic carbocycles. The molecule has 0 saturated heterocycles. The number of fused-ring (bicyclic) bond motifs is 1. The van der Waals surface area contributed by atoms with E-state index in [1.54, 1.807) is 12.3 Å². The zero-order valence-electron chi connectivity index (χ0n) is 11.2. The molecule has 1 aromatic carbocycles. The van der Waals surface area contributed by atoms with E-state index in [4.69, 9.17) is 5.73 Å². The Morgan fingerprint density at radius 1 is 1.20 bits per heavy atom. The average molecular weight is 267 g/mol. The SMILES string of the molecule is Nc1ccc(CN2CCCc3ccccc3C2=O)cn1. The molecule has 20 heavy (non-hydrogen) atoms. The molecule has 2 heterocycles. The molecule has 1 amide bonds. The Kier molecular flexibility index (Phi) is 3.37. The lowest BCUT2D eigenvalue weighted by Gasteiger charge is -2.21. The van der Waals surface area contributed by atoms with Gasteiger partial charge >= 0.3 is 0 Å². The summed E-state index contributed by atoms with van der Waals surface area (Å²) in [7, 11) is 0. The van der Waals surface area contributed by atoms with Gasteiger partial charge in [-0.3, -0.25) is 4.79 Å². The maximum Gasteiger partial charge on any atom is 0.254 e. The maximum atomic E-state index is 12.6. The van der Waals surface area contributed by atoms with E-state index in [2.05, 4.69) is 4.98 Å². The Hall–Kier alpha value is -2.36. The number of carbonyl (C=O) groups is 1. The molecule has 1 aromatic heterocycles. The van der Waals surface area contributed by atoms with Gasteiger partial charge in [0, 0.05) is 24.8 Å². The number of anilines is 1. The van der Waals surface area contributed by atoms with Crippen LogP contribution in [0.4, 0.5) is 5.82 Å². The van der Waals surface area contributed by atoms with E-state index in [0.717, 1.165) is 36.1 Å². The molecule has 0 unspecified atom stereocenters. The number of nitrogen functional groups attached to an aromatic ring is 1. The second-order valence-corrected chi connectivity index (χ2v) is 5.08. The minimum absolute atomic E-state index is 0.106. The van der Waals surface area contributed by atoms with Gasteiger partial charge in [-0.05, 0) is 36.1 Å². The topological polar surface area (TPSA) is 59.2 Å². The highest BCUT2D eigenvalue weighted by atomic mass is 16.2. The van der Waals surface area contributed by atoms with Crippen LogP contribution in [0.2, 0.25) is 0 Å². The van der Waals surface area contributed by atoms with Crippen molar-refractivity contribution in [1.82, 2.24) is 9.88 Å². The highest BCUT2D eigenvalue weighted by molar-refractivity contribution is 5.96. The van der Waals surface area contributed by atoms with E-state index in [0.29, 0.717) is 12.4 Å². The first-order valence-electron chi connectivity index (χ1n) is 6.81. The second-order valence-electron chi connectivity index (χ2n) is 5.08. The van der Waals surface area contributed by atoms with Gasteiger partial charge in [-0.25, -0.2) is 4.98 Å².